The van der Waals surface area contributed by atoms with Crippen LogP contribution in [-0.4, -0.2) is 46.7 Å². The van der Waals surface area contributed by atoms with E-state index in [0.717, 1.165) is 24.3 Å². The minimum absolute atomic E-state index is 0. The van der Waals surface area contributed by atoms with E-state index in [1.165, 1.54) is 141 Å². The minimum Gasteiger partial charge on any atom is -0.396 e. The first-order valence-electron chi connectivity index (χ1n) is 18.7. The molecule has 0 spiro atoms. The van der Waals surface area contributed by atoms with Gasteiger partial charge in [-0.05, 0) is 55.9 Å². The fourth-order valence-electron chi connectivity index (χ4n) is 5.98. The van der Waals surface area contributed by atoms with Crippen LogP contribution < -0.4 is 5.73 Å². The Hall–Kier alpha value is -0.160. The minimum atomic E-state index is 0. The van der Waals surface area contributed by atoms with E-state index in [0.29, 0.717) is 12.5 Å². The molecule has 0 aromatic carbocycles. The van der Waals surface area contributed by atoms with Gasteiger partial charge in [-0.25, -0.2) is 0 Å². The summed E-state index contributed by atoms with van der Waals surface area (Å²) < 4.78 is 8.50. The smallest absolute Gasteiger partial charge is 0.0459 e. The number of hydrogen-bond donors (Lipinski definition) is 2. The predicted octanol–water partition coefficient (Wildman–Crippen LogP) is 14.2. The highest BCUT2D eigenvalue weighted by Gasteiger charge is 2.12. The predicted molar refractivity (Wildman–Crippen MR) is 219 cm³/mol. The van der Waals surface area contributed by atoms with Gasteiger partial charge in [-0.15, -0.1) is 0 Å². The van der Waals surface area contributed by atoms with Crippen LogP contribution in [-0.2, 0) is 9.47 Å². The van der Waals surface area contributed by atoms with E-state index in [4.69, 9.17) is 10.8 Å². The fraction of sp³-hybridized carbons (Fsp3) is 1.00. The summed E-state index contributed by atoms with van der Waals surface area (Å²) >= 11 is 0. The second-order valence-electron chi connectivity index (χ2n) is 12.1. The van der Waals surface area contributed by atoms with Crippen molar-refractivity contribution >= 4 is 0 Å². The second kappa shape index (κ2) is 60.2. The Labute approximate surface area is 297 Å². The average molecular weight is 668 g/mol. The zero-order valence-electron chi connectivity index (χ0n) is 31.1. The summed E-state index contributed by atoms with van der Waals surface area (Å²) in [5, 5.41) is 8.69. The molecular weight excluding hydrogens is 566 g/mol. The molecule has 0 bridgehead atoms. The molecule has 0 aromatic rings. The number of aliphatic hydroxyl groups excluding tert-OH is 1. The van der Waals surface area contributed by atoms with Gasteiger partial charge in [0.1, 0.15) is 0 Å². The van der Waals surface area contributed by atoms with E-state index in [1.807, 2.05) is 27.7 Å². The Morgan fingerprint density at radius 2 is 0.630 bits per heavy atom. The molecule has 4 heteroatoms. The Kier molecular flexibility index (Phi) is 84.2. The maximum atomic E-state index is 8.69. The van der Waals surface area contributed by atoms with Crippen LogP contribution in [0.15, 0.2) is 0 Å². The van der Waals surface area contributed by atoms with Crippen molar-refractivity contribution in [1.29, 1.82) is 0 Å². The molecule has 0 radical (unpaired) electrons. The lowest BCUT2D eigenvalue weighted by Crippen LogP contribution is -2.16. The van der Waals surface area contributed by atoms with Gasteiger partial charge in [-0.1, -0.05) is 187 Å². The Morgan fingerprint density at radius 1 is 0.435 bits per heavy atom. The van der Waals surface area contributed by atoms with Crippen LogP contribution in [0, 0.1) is 23.7 Å². The topological polar surface area (TPSA) is 64.7 Å². The maximum absolute atomic E-state index is 8.69. The van der Waals surface area contributed by atoms with Gasteiger partial charge in [-0.2, -0.15) is 0 Å². The molecule has 292 valence electrons. The maximum Gasteiger partial charge on any atom is 0.0459 e. The highest BCUT2D eigenvalue weighted by Crippen LogP contribution is 2.26. The van der Waals surface area contributed by atoms with E-state index < -0.39 is 0 Å². The van der Waals surface area contributed by atoms with Crippen LogP contribution in [0.4, 0.5) is 0 Å². The first-order chi connectivity index (χ1) is 20.6. The highest BCUT2D eigenvalue weighted by molar-refractivity contribution is 4.66. The monoisotopic (exact) mass is 668 g/mol. The fourth-order valence-corrected chi connectivity index (χ4v) is 5.98. The molecule has 0 heterocycles. The molecule has 4 nitrogen and oxygen atoms in total. The quantitative estimate of drug-likeness (QED) is 0.313. The number of rotatable bonds is 4. The van der Waals surface area contributed by atoms with Gasteiger partial charge in [0.05, 0.1) is 0 Å². The molecule has 46 heavy (non-hydrogen) atoms. The molecule has 0 atom stereocenters. The molecule has 0 aliphatic heterocycles. The highest BCUT2D eigenvalue weighted by atomic mass is 16.5. The van der Waals surface area contributed by atoms with Gasteiger partial charge < -0.3 is 20.3 Å². The van der Waals surface area contributed by atoms with Gasteiger partial charge in [0, 0.05) is 35.0 Å². The lowest BCUT2D eigenvalue weighted by molar-refractivity contribution is 0.190. The number of ether oxygens (including phenoxy) is 2. The van der Waals surface area contributed by atoms with Crippen LogP contribution >= 0.6 is 0 Å². The third kappa shape index (κ3) is 50.7. The summed E-state index contributed by atoms with van der Waals surface area (Å²) in [7, 11) is 6.50. The molecule has 0 amide bonds. The van der Waals surface area contributed by atoms with E-state index in [-0.39, 0.29) is 29.7 Å². The number of aliphatic hydroxyl groups is 1. The normalized spacial score (nSPS) is 17.5. The van der Waals surface area contributed by atoms with E-state index in [1.54, 1.807) is 28.4 Å². The summed E-state index contributed by atoms with van der Waals surface area (Å²) in [4.78, 5) is 0. The van der Waals surface area contributed by atoms with E-state index >= 15 is 0 Å². The third-order valence-corrected chi connectivity index (χ3v) is 8.65. The van der Waals surface area contributed by atoms with Crippen molar-refractivity contribution in [3.05, 3.63) is 0 Å². The summed E-state index contributed by atoms with van der Waals surface area (Å²) in [5.74, 6) is 3.68. The van der Waals surface area contributed by atoms with Crippen LogP contribution in [0.1, 0.15) is 213 Å². The third-order valence-electron chi connectivity index (χ3n) is 8.65. The van der Waals surface area contributed by atoms with Gasteiger partial charge in [-0.3, -0.25) is 0 Å². The van der Waals surface area contributed by atoms with Gasteiger partial charge in [0.2, 0.25) is 0 Å². The summed E-state index contributed by atoms with van der Waals surface area (Å²) in [6, 6.07) is 0. The first kappa shape index (κ1) is 64.4. The molecule has 4 aliphatic carbocycles. The number of nitrogens with two attached hydrogens (primary N) is 1. The molecule has 0 aromatic heterocycles. The molecule has 0 saturated heterocycles. The van der Waals surface area contributed by atoms with Crippen molar-refractivity contribution in [2.75, 3.05) is 41.6 Å². The van der Waals surface area contributed by atoms with Crippen LogP contribution in [0.5, 0.6) is 0 Å². The molecule has 4 rings (SSSR count). The summed E-state index contributed by atoms with van der Waals surface area (Å²) in [6.45, 7) is 14.0. The standard InChI is InChI=1S/2C8H16.C7H15N.C7H14O.2C2H6O.2C2H6.4CH4/c2*1-2-8-6-4-3-5-7-8;2*8-6-7-4-2-1-3-5-7;2*1-3-2;2*1-2;;;;/h2*8H,2-7H2,1H3;7H,1-6,8H2;7-8H,1-6H2;2*1-2H3;2*1-2H3;4*1H4. The van der Waals surface area contributed by atoms with Crippen molar-refractivity contribution in [3.8, 4) is 0 Å². The average Bonchev–Trinajstić information content (AvgIpc) is 3.09. The molecule has 4 fully saturated rings. The van der Waals surface area contributed by atoms with Gasteiger partial charge in [0.25, 0.3) is 0 Å². The molecule has 3 N–H and O–H groups in total. The molecule has 4 aliphatic rings. The number of methoxy groups -OCH3 is 2. The van der Waals surface area contributed by atoms with Gasteiger partial charge in [0.15, 0.2) is 0 Å². The van der Waals surface area contributed by atoms with Crippen molar-refractivity contribution in [2.45, 2.75) is 213 Å². The van der Waals surface area contributed by atoms with Crippen LogP contribution in [0.2, 0.25) is 0 Å². The Bertz CT molecular complexity index is 324. The number of hydrogen-bond acceptors (Lipinski definition) is 4. The largest absolute Gasteiger partial charge is 0.396 e. The Morgan fingerprint density at radius 3 is 0.739 bits per heavy atom. The van der Waals surface area contributed by atoms with Crippen molar-refractivity contribution < 1.29 is 14.6 Å². The lowest BCUT2D eigenvalue weighted by atomic mass is 9.88. The van der Waals surface area contributed by atoms with Crippen LogP contribution in [0.25, 0.3) is 0 Å². The van der Waals surface area contributed by atoms with E-state index in [9.17, 15) is 0 Å². The summed E-state index contributed by atoms with van der Waals surface area (Å²) in [6.07, 6.45) is 31.5. The molecule has 0 unspecified atom stereocenters. The first-order valence-corrected chi connectivity index (χ1v) is 18.7. The SMILES string of the molecule is C.C.C.C.CC.CC.CCC1CCCCC1.CCC1CCCCC1.COC.COC.NCC1CCCCC1.OCC1CCCCC1. The van der Waals surface area contributed by atoms with E-state index in [2.05, 4.69) is 23.3 Å². The second-order valence-corrected chi connectivity index (χ2v) is 12.1. The van der Waals surface area contributed by atoms with Gasteiger partial charge >= 0.3 is 0 Å². The van der Waals surface area contributed by atoms with Crippen molar-refractivity contribution in [3.63, 3.8) is 0 Å². The molecule has 4 saturated carbocycles. The Balaban J connectivity index is -0.0000000621. The van der Waals surface area contributed by atoms with Crippen LogP contribution in [0.3, 0.4) is 0 Å². The molecular formula is C42H101NO3. The lowest BCUT2D eigenvalue weighted by Gasteiger charge is -2.18. The van der Waals surface area contributed by atoms with Crippen molar-refractivity contribution in [1.82, 2.24) is 0 Å². The summed E-state index contributed by atoms with van der Waals surface area (Å²) in [5.41, 5.74) is 5.50. The zero-order valence-corrected chi connectivity index (χ0v) is 31.1. The van der Waals surface area contributed by atoms with Crippen molar-refractivity contribution in [2.24, 2.45) is 29.4 Å². The zero-order chi connectivity index (χ0) is 32.7.